The van der Waals surface area contributed by atoms with Crippen LogP contribution in [0.4, 0.5) is 0 Å². The molecule has 27 heavy (non-hydrogen) atoms. The van der Waals surface area contributed by atoms with E-state index in [1.54, 1.807) is 11.8 Å². The number of nitrogens with zero attached hydrogens (tertiary/aromatic N) is 5. The molecule has 0 unspecified atom stereocenters. The number of hydrogen-bond donors (Lipinski definition) is 1. The maximum atomic E-state index is 4.90. The number of thioether (sulfide) groups is 1. The van der Waals surface area contributed by atoms with Crippen molar-refractivity contribution in [1.29, 1.82) is 0 Å². The zero-order chi connectivity index (χ0) is 17.8. The molecule has 0 amide bonds. The number of benzene rings is 2. The molecule has 3 heterocycles. The first kappa shape index (κ1) is 15.2. The Morgan fingerprint density at radius 2 is 1.93 bits per heavy atom. The van der Waals surface area contributed by atoms with Crippen molar-refractivity contribution < 1.29 is 0 Å². The highest BCUT2D eigenvalue weighted by Crippen LogP contribution is 2.33. The van der Waals surface area contributed by atoms with Crippen LogP contribution in [0.25, 0.3) is 22.3 Å². The number of fused-ring (bicyclic) bond motifs is 3. The van der Waals surface area contributed by atoms with Crippen LogP contribution >= 0.6 is 11.8 Å². The Morgan fingerprint density at radius 3 is 2.89 bits per heavy atom. The summed E-state index contributed by atoms with van der Waals surface area (Å²) in [5, 5.41) is 24.6. The average Bonchev–Trinajstić information content (AvgIpc) is 3.42. The third-order valence-electron chi connectivity index (χ3n) is 5.27. The van der Waals surface area contributed by atoms with Crippen LogP contribution in [0.15, 0.2) is 52.7 Å². The van der Waals surface area contributed by atoms with Crippen LogP contribution < -0.4 is 0 Å². The quantitative estimate of drug-likeness (QED) is 0.583. The summed E-state index contributed by atoms with van der Waals surface area (Å²) >= 11 is 1.67. The number of aromatic amines is 1. The van der Waals surface area contributed by atoms with Crippen molar-refractivity contribution in [2.24, 2.45) is 5.10 Å². The van der Waals surface area contributed by atoms with Crippen molar-refractivity contribution in [3.63, 3.8) is 0 Å². The lowest BCUT2D eigenvalue weighted by Crippen LogP contribution is -2.14. The number of aryl methyl sites for hydroxylation is 1. The van der Waals surface area contributed by atoms with E-state index in [1.807, 2.05) is 4.68 Å². The van der Waals surface area contributed by atoms with Gasteiger partial charge in [-0.15, -0.1) is 10.2 Å². The van der Waals surface area contributed by atoms with E-state index in [0.29, 0.717) is 0 Å². The van der Waals surface area contributed by atoms with Crippen molar-refractivity contribution >= 4 is 28.2 Å². The molecule has 1 aliphatic carbocycles. The molecule has 0 fully saturated rings. The third kappa shape index (κ3) is 2.35. The van der Waals surface area contributed by atoms with Gasteiger partial charge >= 0.3 is 0 Å². The molecule has 1 N–H and O–H groups in total. The topological polar surface area (TPSA) is 71.8 Å². The van der Waals surface area contributed by atoms with Gasteiger partial charge in [0, 0.05) is 17.0 Å². The van der Waals surface area contributed by atoms with Gasteiger partial charge in [0.05, 0.1) is 5.71 Å². The van der Waals surface area contributed by atoms with Crippen LogP contribution in [0.5, 0.6) is 0 Å². The molecule has 0 atom stereocenters. The van der Waals surface area contributed by atoms with Crippen molar-refractivity contribution in [1.82, 2.24) is 25.1 Å². The Labute approximate surface area is 159 Å². The molecule has 0 saturated heterocycles. The van der Waals surface area contributed by atoms with E-state index < -0.39 is 0 Å². The largest absolute Gasteiger partial charge is 0.282 e. The number of rotatable bonds is 2. The molecule has 6 rings (SSSR count). The zero-order valence-corrected chi connectivity index (χ0v) is 15.3. The van der Waals surface area contributed by atoms with Crippen LogP contribution in [0.1, 0.15) is 23.2 Å². The average molecular weight is 372 g/mol. The van der Waals surface area contributed by atoms with Crippen molar-refractivity contribution in [2.75, 3.05) is 5.75 Å². The molecule has 7 heteroatoms. The Kier molecular flexibility index (Phi) is 3.25. The Morgan fingerprint density at radius 1 is 1.00 bits per heavy atom. The molecule has 6 nitrogen and oxygen atoms in total. The first-order chi connectivity index (χ1) is 13.4. The molecular weight excluding hydrogens is 356 g/mol. The molecular formula is C20H16N6S. The van der Waals surface area contributed by atoms with Gasteiger partial charge in [-0.25, -0.2) is 0 Å². The molecule has 0 spiro atoms. The normalized spacial score (nSPS) is 15.6. The summed E-state index contributed by atoms with van der Waals surface area (Å²) in [5.41, 5.74) is 5.56. The van der Waals surface area contributed by atoms with E-state index in [0.717, 1.165) is 53.0 Å². The smallest absolute Gasteiger partial charge is 0.212 e. The molecule has 1 aliphatic heterocycles. The second-order valence-electron chi connectivity index (χ2n) is 6.90. The van der Waals surface area contributed by atoms with E-state index in [2.05, 4.69) is 62.9 Å². The lowest BCUT2D eigenvalue weighted by Gasteiger charge is -2.14. The molecule has 0 saturated carbocycles. The van der Waals surface area contributed by atoms with Gasteiger partial charge in [-0.3, -0.25) is 5.10 Å². The van der Waals surface area contributed by atoms with E-state index in [9.17, 15) is 0 Å². The number of aromatic nitrogens is 5. The van der Waals surface area contributed by atoms with Gasteiger partial charge in [0.2, 0.25) is 11.0 Å². The molecule has 0 radical (unpaired) electrons. The summed E-state index contributed by atoms with van der Waals surface area (Å²) in [7, 11) is 0. The summed E-state index contributed by atoms with van der Waals surface area (Å²) in [4.78, 5) is 0. The maximum absolute atomic E-state index is 4.90. The second kappa shape index (κ2) is 5.79. The van der Waals surface area contributed by atoms with E-state index in [1.165, 1.54) is 22.0 Å². The lowest BCUT2D eigenvalue weighted by molar-refractivity contribution is 0.758. The molecule has 2 aromatic heterocycles. The van der Waals surface area contributed by atoms with E-state index in [4.69, 9.17) is 5.10 Å². The molecule has 132 valence electrons. The van der Waals surface area contributed by atoms with Gasteiger partial charge in [0.25, 0.3) is 0 Å². The fourth-order valence-corrected chi connectivity index (χ4v) is 4.73. The molecule has 4 aromatic rings. The summed E-state index contributed by atoms with van der Waals surface area (Å²) in [6.45, 7) is 0. The predicted molar refractivity (Wildman–Crippen MR) is 106 cm³/mol. The highest BCUT2D eigenvalue weighted by molar-refractivity contribution is 7.99. The Bertz CT molecular complexity index is 1220. The monoisotopic (exact) mass is 372 g/mol. The first-order valence-electron chi connectivity index (χ1n) is 9.08. The zero-order valence-electron chi connectivity index (χ0n) is 14.5. The fourth-order valence-electron chi connectivity index (χ4n) is 3.89. The predicted octanol–water partition coefficient (Wildman–Crippen LogP) is 3.67. The lowest BCUT2D eigenvalue weighted by atomic mass is 10.0. The highest BCUT2D eigenvalue weighted by Gasteiger charge is 2.27. The van der Waals surface area contributed by atoms with Crippen molar-refractivity contribution in [2.45, 2.75) is 24.4 Å². The minimum absolute atomic E-state index is 0.731. The highest BCUT2D eigenvalue weighted by atomic mass is 32.2. The van der Waals surface area contributed by atoms with Gasteiger partial charge in [-0.1, -0.05) is 48.2 Å². The molecule has 2 aliphatic rings. The van der Waals surface area contributed by atoms with Crippen LogP contribution in [-0.2, 0) is 12.8 Å². The van der Waals surface area contributed by atoms with Gasteiger partial charge in [-0.2, -0.15) is 14.9 Å². The Balaban J connectivity index is 1.46. The van der Waals surface area contributed by atoms with Crippen LogP contribution in [0.2, 0.25) is 0 Å². The van der Waals surface area contributed by atoms with Crippen LogP contribution in [-0.4, -0.2) is 36.5 Å². The fraction of sp³-hybridized carbons (Fsp3) is 0.200. The number of H-pyrrole nitrogens is 1. The van der Waals surface area contributed by atoms with Gasteiger partial charge in [0.15, 0.2) is 0 Å². The SMILES string of the molecule is c1ccc2cc(C3=Nn4c(nnc4-c4n[nH]c5c4CCC5)SC3)ccc2c1. The summed E-state index contributed by atoms with van der Waals surface area (Å²) < 4.78 is 1.85. The van der Waals surface area contributed by atoms with Crippen molar-refractivity contribution in [3.05, 3.63) is 59.3 Å². The minimum Gasteiger partial charge on any atom is -0.282 e. The third-order valence-corrected chi connectivity index (χ3v) is 6.20. The van der Waals surface area contributed by atoms with Crippen LogP contribution in [0, 0.1) is 0 Å². The van der Waals surface area contributed by atoms with Gasteiger partial charge in [-0.05, 0) is 41.7 Å². The van der Waals surface area contributed by atoms with E-state index in [-0.39, 0.29) is 0 Å². The van der Waals surface area contributed by atoms with Crippen LogP contribution in [0.3, 0.4) is 0 Å². The molecule has 0 bridgehead atoms. The van der Waals surface area contributed by atoms with Crippen molar-refractivity contribution in [3.8, 4) is 11.5 Å². The second-order valence-corrected chi connectivity index (χ2v) is 7.84. The Hall–Kier alpha value is -2.93. The number of nitrogens with one attached hydrogen (secondary N) is 1. The van der Waals surface area contributed by atoms with Gasteiger partial charge in [0.1, 0.15) is 5.69 Å². The number of hydrogen-bond acceptors (Lipinski definition) is 5. The van der Waals surface area contributed by atoms with Gasteiger partial charge < -0.3 is 0 Å². The minimum atomic E-state index is 0.731. The first-order valence-corrected chi connectivity index (χ1v) is 10.1. The summed E-state index contributed by atoms with van der Waals surface area (Å²) in [5.74, 6) is 1.52. The summed E-state index contributed by atoms with van der Waals surface area (Å²) in [6, 6.07) is 14.9. The standard InChI is InChI=1S/C20H16N6S/c1-2-5-13-10-14(9-8-12(13)4-1)17-11-27-20-24-23-19(26(20)25-17)18-15-6-3-7-16(15)21-22-18/h1-2,4-5,8-10H,3,6-7,11H2,(H,21,22). The summed E-state index contributed by atoms with van der Waals surface area (Å²) in [6.07, 6.45) is 3.26. The maximum Gasteiger partial charge on any atom is 0.212 e. The molecule has 2 aromatic carbocycles. The van der Waals surface area contributed by atoms with E-state index >= 15 is 0 Å².